The Bertz CT molecular complexity index is 627. The molecule has 1 unspecified atom stereocenters. The van der Waals surface area contributed by atoms with Crippen molar-refractivity contribution < 1.29 is 9.90 Å². The number of aliphatic hydroxyl groups excluding tert-OH is 1. The molecule has 1 amide bonds. The molecule has 1 aliphatic heterocycles. The van der Waals surface area contributed by atoms with Gasteiger partial charge >= 0.3 is 0 Å². The van der Waals surface area contributed by atoms with Crippen LogP contribution in [0.3, 0.4) is 0 Å². The Morgan fingerprint density at radius 3 is 2.86 bits per heavy atom. The van der Waals surface area contributed by atoms with Gasteiger partial charge in [0.2, 0.25) is 5.91 Å². The number of benzene rings is 1. The van der Waals surface area contributed by atoms with Gasteiger partial charge in [-0.05, 0) is 34.7 Å². The molecule has 2 aromatic rings. The number of nitrogens with zero attached hydrogens (tertiary/aromatic N) is 1. The van der Waals surface area contributed by atoms with Crippen molar-refractivity contribution >= 4 is 29.0 Å². The standard InChI is InChI=1S/C17H19NO2S2/c19-9-8-18(12-13-4-2-1-3-5-13)17(20)16-14-6-10-21-15(14)7-11-22-16/h1-6,10,16,19H,7-9,11-12H2. The van der Waals surface area contributed by atoms with Crippen molar-refractivity contribution in [2.75, 3.05) is 18.9 Å². The van der Waals surface area contributed by atoms with Crippen molar-refractivity contribution in [1.29, 1.82) is 0 Å². The molecule has 0 radical (unpaired) electrons. The molecule has 0 saturated carbocycles. The van der Waals surface area contributed by atoms with E-state index in [0.717, 1.165) is 17.7 Å². The zero-order chi connectivity index (χ0) is 15.4. The molecule has 3 rings (SSSR count). The summed E-state index contributed by atoms with van der Waals surface area (Å²) in [4.78, 5) is 16.1. The third-order valence-corrected chi connectivity index (χ3v) is 6.02. The summed E-state index contributed by atoms with van der Waals surface area (Å²) in [6.45, 7) is 0.924. The fraction of sp³-hybridized carbons (Fsp3) is 0.353. The smallest absolute Gasteiger partial charge is 0.240 e. The average molecular weight is 333 g/mol. The summed E-state index contributed by atoms with van der Waals surface area (Å²) in [5, 5.41) is 11.3. The van der Waals surface area contributed by atoms with Gasteiger partial charge in [0.05, 0.1) is 6.61 Å². The van der Waals surface area contributed by atoms with Gasteiger partial charge in [-0.1, -0.05) is 30.3 Å². The number of aryl methyl sites for hydroxylation is 1. The summed E-state index contributed by atoms with van der Waals surface area (Å²) >= 11 is 3.46. The fourth-order valence-electron chi connectivity index (χ4n) is 2.71. The molecule has 5 heteroatoms. The predicted molar refractivity (Wildman–Crippen MR) is 92.2 cm³/mol. The Morgan fingerprint density at radius 1 is 1.27 bits per heavy atom. The van der Waals surface area contributed by atoms with Crippen LogP contribution < -0.4 is 0 Å². The lowest BCUT2D eigenvalue weighted by atomic mass is 10.1. The van der Waals surface area contributed by atoms with Gasteiger partial charge in [-0.2, -0.15) is 0 Å². The maximum Gasteiger partial charge on any atom is 0.240 e. The minimum absolute atomic E-state index is 0.00749. The molecule has 3 nitrogen and oxygen atoms in total. The number of thioether (sulfide) groups is 1. The Kier molecular flexibility index (Phi) is 5.18. The van der Waals surface area contributed by atoms with E-state index in [2.05, 4.69) is 11.4 Å². The van der Waals surface area contributed by atoms with Crippen LogP contribution in [0.4, 0.5) is 0 Å². The van der Waals surface area contributed by atoms with Crippen molar-refractivity contribution in [2.45, 2.75) is 18.2 Å². The van der Waals surface area contributed by atoms with E-state index in [-0.39, 0.29) is 17.8 Å². The van der Waals surface area contributed by atoms with E-state index in [1.165, 1.54) is 10.4 Å². The number of carbonyl (C=O) groups is 1. The number of thiophene rings is 1. The van der Waals surface area contributed by atoms with Crippen LogP contribution in [0, 0.1) is 0 Å². The minimum atomic E-state index is -0.120. The lowest BCUT2D eigenvalue weighted by molar-refractivity contribution is -0.131. The average Bonchev–Trinajstić information content (AvgIpc) is 3.03. The van der Waals surface area contributed by atoms with Crippen LogP contribution in [0.25, 0.3) is 0 Å². The van der Waals surface area contributed by atoms with Crippen LogP contribution in [-0.4, -0.2) is 34.8 Å². The third-order valence-electron chi connectivity index (χ3n) is 3.80. The van der Waals surface area contributed by atoms with Gasteiger partial charge in [-0.15, -0.1) is 23.1 Å². The van der Waals surface area contributed by atoms with Gasteiger partial charge in [0.25, 0.3) is 0 Å². The molecule has 1 N–H and O–H groups in total. The monoisotopic (exact) mass is 333 g/mol. The van der Waals surface area contributed by atoms with Gasteiger partial charge in [0, 0.05) is 18.0 Å². The maximum absolute atomic E-state index is 13.0. The molecule has 116 valence electrons. The van der Waals surface area contributed by atoms with E-state index < -0.39 is 0 Å². The van der Waals surface area contributed by atoms with Crippen LogP contribution in [0.1, 0.15) is 21.3 Å². The topological polar surface area (TPSA) is 40.5 Å². The number of hydrogen-bond donors (Lipinski definition) is 1. The second-order valence-electron chi connectivity index (χ2n) is 5.27. The first kappa shape index (κ1) is 15.6. The van der Waals surface area contributed by atoms with Crippen LogP contribution in [0.15, 0.2) is 41.8 Å². The van der Waals surface area contributed by atoms with Crippen molar-refractivity contribution in [3.05, 3.63) is 57.8 Å². The van der Waals surface area contributed by atoms with Gasteiger partial charge in [0.15, 0.2) is 0 Å². The lowest BCUT2D eigenvalue weighted by Crippen LogP contribution is -2.36. The molecular formula is C17H19NO2S2. The molecular weight excluding hydrogens is 314 g/mol. The molecule has 0 bridgehead atoms. The summed E-state index contributed by atoms with van der Waals surface area (Å²) in [6.07, 6.45) is 1.06. The van der Waals surface area contributed by atoms with Crippen LogP contribution >= 0.6 is 23.1 Å². The zero-order valence-corrected chi connectivity index (χ0v) is 13.9. The highest BCUT2D eigenvalue weighted by Gasteiger charge is 2.31. The highest BCUT2D eigenvalue weighted by atomic mass is 32.2. The van der Waals surface area contributed by atoms with Gasteiger partial charge < -0.3 is 10.0 Å². The molecule has 2 heterocycles. The highest BCUT2D eigenvalue weighted by molar-refractivity contribution is 8.00. The van der Waals surface area contributed by atoms with E-state index in [0.29, 0.717) is 13.1 Å². The molecule has 0 fully saturated rings. The summed E-state index contributed by atoms with van der Waals surface area (Å²) in [6, 6.07) is 12.0. The van der Waals surface area contributed by atoms with Crippen molar-refractivity contribution in [1.82, 2.24) is 4.90 Å². The van der Waals surface area contributed by atoms with Crippen LogP contribution in [-0.2, 0) is 17.8 Å². The van der Waals surface area contributed by atoms with E-state index in [1.54, 1.807) is 28.0 Å². The van der Waals surface area contributed by atoms with Crippen molar-refractivity contribution in [3.63, 3.8) is 0 Å². The number of aliphatic hydroxyl groups is 1. The molecule has 0 spiro atoms. The Hall–Kier alpha value is -1.30. The number of hydrogen-bond acceptors (Lipinski definition) is 4. The Labute approximate surface area is 139 Å². The highest BCUT2D eigenvalue weighted by Crippen LogP contribution is 2.40. The van der Waals surface area contributed by atoms with E-state index >= 15 is 0 Å². The molecule has 1 aromatic carbocycles. The Balaban J connectivity index is 1.79. The number of rotatable bonds is 5. The first-order valence-electron chi connectivity index (χ1n) is 7.41. The second-order valence-corrected chi connectivity index (χ2v) is 7.48. The van der Waals surface area contributed by atoms with Crippen LogP contribution in [0.5, 0.6) is 0 Å². The van der Waals surface area contributed by atoms with Crippen molar-refractivity contribution in [2.24, 2.45) is 0 Å². The first-order valence-corrected chi connectivity index (χ1v) is 9.34. The van der Waals surface area contributed by atoms with E-state index in [4.69, 9.17) is 0 Å². The number of amides is 1. The van der Waals surface area contributed by atoms with Crippen molar-refractivity contribution in [3.8, 4) is 0 Å². The first-order chi connectivity index (χ1) is 10.8. The fourth-order valence-corrected chi connectivity index (χ4v) is 5.08. The predicted octanol–water partition coefficient (Wildman–Crippen LogP) is 3.10. The Morgan fingerprint density at radius 2 is 2.09 bits per heavy atom. The molecule has 0 aliphatic carbocycles. The maximum atomic E-state index is 13.0. The molecule has 22 heavy (non-hydrogen) atoms. The van der Waals surface area contributed by atoms with Gasteiger partial charge in [0.1, 0.15) is 5.25 Å². The van der Waals surface area contributed by atoms with E-state index in [9.17, 15) is 9.90 Å². The molecule has 1 atom stereocenters. The minimum Gasteiger partial charge on any atom is -0.395 e. The lowest BCUT2D eigenvalue weighted by Gasteiger charge is -2.29. The van der Waals surface area contributed by atoms with Gasteiger partial charge in [-0.25, -0.2) is 0 Å². The quantitative estimate of drug-likeness (QED) is 0.914. The SMILES string of the molecule is O=C(C1SCCc2sccc21)N(CCO)Cc1ccccc1. The normalized spacial score (nSPS) is 17.0. The zero-order valence-electron chi connectivity index (χ0n) is 12.3. The number of fused-ring (bicyclic) bond motifs is 1. The molecule has 0 saturated heterocycles. The molecule has 1 aromatic heterocycles. The largest absolute Gasteiger partial charge is 0.395 e. The summed E-state index contributed by atoms with van der Waals surface area (Å²) in [7, 11) is 0. The number of carbonyl (C=O) groups excluding carboxylic acids is 1. The molecule has 1 aliphatic rings. The second kappa shape index (κ2) is 7.31. The van der Waals surface area contributed by atoms with Gasteiger partial charge in [-0.3, -0.25) is 4.79 Å². The van der Waals surface area contributed by atoms with E-state index in [1.807, 2.05) is 30.3 Å². The van der Waals surface area contributed by atoms with Crippen LogP contribution in [0.2, 0.25) is 0 Å². The third kappa shape index (κ3) is 3.37. The summed E-state index contributed by atoms with van der Waals surface area (Å²) in [5.74, 6) is 1.10. The summed E-state index contributed by atoms with van der Waals surface area (Å²) < 4.78 is 0. The summed E-state index contributed by atoms with van der Waals surface area (Å²) in [5.41, 5.74) is 2.26.